The van der Waals surface area contributed by atoms with Gasteiger partial charge in [0, 0.05) is 5.54 Å². The van der Waals surface area contributed by atoms with Crippen LogP contribution in [0.25, 0.3) is 0 Å². The zero-order chi connectivity index (χ0) is 20.6. The predicted molar refractivity (Wildman–Crippen MR) is 112 cm³/mol. The first kappa shape index (κ1) is 31.2. The molecule has 3 N–H and O–H groups in total. The number of hydrogen-bond acceptors (Lipinski definition) is 2. The number of hydrogen-bond donors (Lipinski definition) is 2. The molecule has 0 aliphatic rings. The van der Waals surface area contributed by atoms with Crippen LogP contribution in [0.4, 0.5) is 0 Å². The average molecular weight is 347 g/mol. The number of nitrogens with two attached hydrogens (primary N) is 1. The number of carbonyl (C=O) groups is 1. The van der Waals surface area contributed by atoms with Gasteiger partial charge < -0.3 is 11.1 Å². The number of primary amides is 1. The minimum atomic E-state index is 0.250. The highest BCUT2D eigenvalue weighted by Gasteiger charge is 2.22. The van der Waals surface area contributed by atoms with E-state index in [0.29, 0.717) is 10.8 Å². The molecule has 0 saturated carbocycles. The molecule has 0 atom stereocenters. The lowest BCUT2D eigenvalue weighted by atomic mass is 9.82. The molecule has 1 amide bonds. The lowest BCUT2D eigenvalue weighted by molar-refractivity contribution is -0.106. The molecular weight excluding hydrogens is 296 g/mol. The van der Waals surface area contributed by atoms with Crippen molar-refractivity contribution < 1.29 is 4.79 Å². The first-order chi connectivity index (χ1) is 10.7. The number of nitrogens with one attached hydrogen (secondary N) is 1. The summed E-state index contributed by atoms with van der Waals surface area (Å²) in [7, 11) is 2.02. The molecule has 0 aromatic heterocycles. The summed E-state index contributed by atoms with van der Waals surface area (Å²) in [5, 5.41) is 3.30. The quantitative estimate of drug-likeness (QED) is 0.598. The fourth-order valence-corrected chi connectivity index (χ4v) is 2.66. The van der Waals surface area contributed by atoms with Gasteiger partial charge in [-0.2, -0.15) is 0 Å². The average Bonchev–Trinajstić information content (AvgIpc) is 2.39. The number of amides is 1. The van der Waals surface area contributed by atoms with Gasteiger partial charge in [0.2, 0.25) is 6.41 Å². The standard InChI is InChI=1S/C9H21N.C9H20.C2H6.CH3NO/c1-8(2,3)7-9(4,5)10-6;1-6-9(4,5)7-8(2)3;1-2;2-1-3/h10H,7H2,1-6H3;8H,6-7H2,1-5H3;1-2H3;1H,(H2,2,3). The molecule has 0 radical (unpaired) electrons. The Balaban J connectivity index is -0.000000132. The Hall–Kier alpha value is -0.570. The Morgan fingerprint density at radius 1 is 1.00 bits per heavy atom. The second-order valence-corrected chi connectivity index (χ2v) is 9.12. The minimum absolute atomic E-state index is 0.250. The van der Waals surface area contributed by atoms with E-state index in [9.17, 15) is 0 Å². The molecule has 0 unspecified atom stereocenters. The van der Waals surface area contributed by atoms with E-state index in [1.54, 1.807) is 0 Å². The molecule has 0 bridgehead atoms. The summed E-state index contributed by atoms with van der Waals surface area (Å²) in [5.41, 5.74) is 5.43. The summed E-state index contributed by atoms with van der Waals surface area (Å²) in [4.78, 5) is 8.58. The van der Waals surface area contributed by atoms with Crippen molar-refractivity contribution in [3.8, 4) is 0 Å². The van der Waals surface area contributed by atoms with Crippen molar-refractivity contribution in [3.05, 3.63) is 0 Å². The van der Waals surface area contributed by atoms with Gasteiger partial charge >= 0.3 is 0 Å². The molecule has 0 aromatic rings. The molecular formula is C21H50N2O. The van der Waals surface area contributed by atoms with Crippen LogP contribution in [0, 0.1) is 16.7 Å². The van der Waals surface area contributed by atoms with E-state index in [4.69, 9.17) is 4.79 Å². The third-order valence-corrected chi connectivity index (χ3v) is 3.57. The van der Waals surface area contributed by atoms with E-state index in [-0.39, 0.29) is 11.9 Å². The van der Waals surface area contributed by atoms with Gasteiger partial charge in [-0.1, -0.05) is 75.7 Å². The van der Waals surface area contributed by atoms with E-state index in [1.165, 1.54) is 19.3 Å². The molecule has 0 spiro atoms. The Bertz CT molecular complexity index is 264. The van der Waals surface area contributed by atoms with Crippen molar-refractivity contribution in [2.24, 2.45) is 22.5 Å². The summed E-state index contributed by atoms with van der Waals surface area (Å²) in [6, 6.07) is 0. The van der Waals surface area contributed by atoms with Crippen LogP contribution in [0.15, 0.2) is 0 Å². The topological polar surface area (TPSA) is 55.1 Å². The van der Waals surface area contributed by atoms with E-state index in [0.717, 1.165) is 5.92 Å². The van der Waals surface area contributed by atoms with E-state index >= 15 is 0 Å². The predicted octanol–water partition coefficient (Wildman–Crippen LogP) is 6.02. The minimum Gasteiger partial charge on any atom is -0.372 e. The monoisotopic (exact) mass is 346 g/mol. The van der Waals surface area contributed by atoms with Crippen LogP contribution in [0.5, 0.6) is 0 Å². The molecule has 0 aliphatic heterocycles. The molecule has 0 heterocycles. The molecule has 0 saturated heterocycles. The van der Waals surface area contributed by atoms with Gasteiger partial charge in [0.1, 0.15) is 0 Å². The molecule has 0 rings (SSSR count). The Morgan fingerprint density at radius 3 is 1.42 bits per heavy atom. The van der Waals surface area contributed by atoms with Crippen molar-refractivity contribution in [1.82, 2.24) is 5.32 Å². The van der Waals surface area contributed by atoms with Crippen LogP contribution in [-0.2, 0) is 4.79 Å². The fraction of sp³-hybridized carbons (Fsp3) is 0.952. The van der Waals surface area contributed by atoms with Crippen LogP contribution in [0.2, 0.25) is 0 Å². The van der Waals surface area contributed by atoms with Crippen LogP contribution in [0.3, 0.4) is 0 Å². The van der Waals surface area contributed by atoms with Crippen molar-refractivity contribution in [2.75, 3.05) is 7.05 Å². The lowest BCUT2D eigenvalue weighted by Crippen LogP contribution is -2.39. The number of carbonyl (C=O) groups excluding carboxylic acids is 1. The van der Waals surface area contributed by atoms with Crippen molar-refractivity contribution in [1.29, 1.82) is 0 Å². The largest absolute Gasteiger partial charge is 0.372 e. The Morgan fingerprint density at radius 2 is 1.33 bits per heavy atom. The van der Waals surface area contributed by atoms with Crippen molar-refractivity contribution in [3.63, 3.8) is 0 Å². The first-order valence-electron chi connectivity index (χ1n) is 9.50. The van der Waals surface area contributed by atoms with Gasteiger partial charge in [-0.05, 0) is 50.5 Å². The number of rotatable bonds is 5. The molecule has 0 aromatic carbocycles. The highest BCUT2D eigenvalue weighted by Crippen LogP contribution is 2.28. The maximum Gasteiger partial charge on any atom is 0.204 e. The van der Waals surface area contributed by atoms with Crippen LogP contribution in [-0.4, -0.2) is 19.0 Å². The van der Waals surface area contributed by atoms with Gasteiger partial charge in [-0.15, -0.1) is 0 Å². The molecule has 0 fully saturated rings. The van der Waals surface area contributed by atoms with E-state index in [2.05, 4.69) is 80.3 Å². The van der Waals surface area contributed by atoms with Crippen molar-refractivity contribution in [2.45, 2.75) is 108 Å². The van der Waals surface area contributed by atoms with E-state index in [1.807, 2.05) is 20.9 Å². The maximum absolute atomic E-state index is 8.58. The van der Waals surface area contributed by atoms with Gasteiger partial charge in [0.05, 0.1) is 0 Å². The second-order valence-electron chi connectivity index (χ2n) is 9.12. The SMILES string of the molecule is CC.CCC(C)(C)CC(C)C.CNC(C)(C)CC(C)(C)C.NC=O. The second kappa shape index (κ2) is 15.9. The molecule has 3 heteroatoms. The van der Waals surface area contributed by atoms with Crippen LogP contribution in [0.1, 0.15) is 102 Å². The Labute approximate surface area is 154 Å². The molecule has 3 nitrogen and oxygen atoms in total. The third-order valence-electron chi connectivity index (χ3n) is 3.57. The van der Waals surface area contributed by atoms with Gasteiger partial charge in [0.25, 0.3) is 0 Å². The summed E-state index contributed by atoms with van der Waals surface area (Å²) in [6.07, 6.45) is 4.10. The summed E-state index contributed by atoms with van der Waals surface area (Å²) in [5.74, 6) is 0.847. The first-order valence-corrected chi connectivity index (χ1v) is 9.50. The maximum atomic E-state index is 8.58. The van der Waals surface area contributed by atoms with Crippen LogP contribution < -0.4 is 11.1 Å². The summed E-state index contributed by atoms with van der Waals surface area (Å²) >= 11 is 0. The van der Waals surface area contributed by atoms with E-state index < -0.39 is 0 Å². The van der Waals surface area contributed by atoms with Gasteiger partial charge in [-0.25, -0.2) is 0 Å². The third kappa shape index (κ3) is 33.1. The zero-order valence-corrected chi connectivity index (χ0v) is 19.3. The van der Waals surface area contributed by atoms with Crippen LogP contribution >= 0.6 is 0 Å². The fourth-order valence-electron chi connectivity index (χ4n) is 2.66. The molecule has 0 aliphatic carbocycles. The summed E-state index contributed by atoms with van der Waals surface area (Å²) in [6.45, 7) is 26.8. The summed E-state index contributed by atoms with van der Waals surface area (Å²) < 4.78 is 0. The van der Waals surface area contributed by atoms with Gasteiger partial charge in [0.15, 0.2) is 0 Å². The Kier molecular flexibility index (Phi) is 20.7. The smallest absolute Gasteiger partial charge is 0.204 e. The lowest BCUT2D eigenvalue weighted by Gasteiger charge is -2.31. The molecule has 150 valence electrons. The molecule has 24 heavy (non-hydrogen) atoms. The zero-order valence-electron chi connectivity index (χ0n) is 19.3. The highest BCUT2D eigenvalue weighted by atomic mass is 16.1. The van der Waals surface area contributed by atoms with Crippen molar-refractivity contribution >= 4 is 6.41 Å². The normalized spacial score (nSPS) is 11.2. The highest BCUT2D eigenvalue weighted by molar-refractivity contribution is 5.42. The van der Waals surface area contributed by atoms with Gasteiger partial charge in [-0.3, -0.25) is 4.79 Å².